The molecule has 0 aliphatic heterocycles. The van der Waals surface area contributed by atoms with Gasteiger partial charge in [0.05, 0.1) is 23.0 Å². The molecule has 2 aromatic rings. The SMILES string of the molecule is CC(NC(=O)CN(c1ccc(Cl)cc1Cl)S(C)(=O)=O)c1ccc(F)cc1. The van der Waals surface area contributed by atoms with Crippen molar-refractivity contribution in [1.82, 2.24) is 5.32 Å². The minimum Gasteiger partial charge on any atom is -0.348 e. The molecule has 0 aliphatic rings. The third kappa shape index (κ3) is 5.33. The van der Waals surface area contributed by atoms with Gasteiger partial charge in [-0.2, -0.15) is 0 Å². The molecule has 2 rings (SSSR count). The molecule has 0 bridgehead atoms. The minimum absolute atomic E-state index is 0.113. The number of nitrogens with zero attached hydrogens (tertiary/aromatic N) is 1. The summed E-state index contributed by atoms with van der Waals surface area (Å²) in [6.07, 6.45) is 0.981. The van der Waals surface area contributed by atoms with E-state index in [1.807, 2.05) is 0 Å². The zero-order valence-corrected chi connectivity index (χ0v) is 16.4. The summed E-state index contributed by atoms with van der Waals surface area (Å²) < 4.78 is 38.1. The number of hydrogen-bond acceptors (Lipinski definition) is 3. The van der Waals surface area contributed by atoms with E-state index >= 15 is 0 Å². The van der Waals surface area contributed by atoms with Gasteiger partial charge in [-0.3, -0.25) is 9.10 Å². The van der Waals surface area contributed by atoms with Gasteiger partial charge >= 0.3 is 0 Å². The number of benzene rings is 2. The van der Waals surface area contributed by atoms with Crippen LogP contribution in [-0.4, -0.2) is 27.1 Å². The average Bonchev–Trinajstić information content (AvgIpc) is 2.53. The smallest absolute Gasteiger partial charge is 0.241 e. The quantitative estimate of drug-likeness (QED) is 0.775. The lowest BCUT2D eigenvalue weighted by Gasteiger charge is -2.24. The molecule has 1 unspecified atom stereocenters. The van der Waals surface area contributed by atoms with E-state index in [4.69, 9.17) is 23.2 Å². The summed E-state index contributed by atoms with van der Waals surface area (Å²) in [5.74, 6) is -0.911. The van der Waals surface area contributed by atoms with E-state index in [1.165, 1.54) is 30.3 Å². The number of hydrogen-bond donors (Lipinski definition) is 1. The van der Waals surface area contributed by atoms with Gasteiger partial charge in [0.25, 0.3) is 0 Å². The monoisotopic (exact) mass is 418 g/mol. The molecule has 0 aliphatic carbocycles. The summed E-state index contributed by atoms with van der Waals surface area (Å²) in [5.41, 5.74) is 0.846. The van der Waals surface area contributed by atoms with E-state index < -0.39 is 28.5 Å². The highest BCUT2D eigenvalue weighted by Crippen LogP contribution is 2.30. The largest absolute Gasteiger partial charge is 0.348 e. The molecule has 0 saturated carbocycles. The predicted octanol–water partition coefficient (Wildman–Crippen LogP) is 3.78. The topological polar surface area (TPSA) is 66.5 Å². The van der Waals surface area contributed by atoms with E-state index in [0.717, 1.165) is 10.6 Å². The van der Waals surface area contributed by atoms with Gasteiger partial charge in [0.15, 0.2) is 0 Å². The Hall–Kier alpha value is -1.83. The van der Waals surface area contributed by atoms with E-state index in [2.05, 4.69) is 5.32 Å². The molecular weight excluding hydrogens is 402 g/mol. The maximum atomic E-state index is 13.0. The first-order valence-corrected chi connectivity index (χ1v) is 10.2. The van der Waals surface area contributed by atoms with Gasteiger partial charge in [-0.1, -0.05) is 35.3 Å². The summed E-state index contributed by atoms with van der Waals surface area (Å²) in [5, 5.41) is 3.14. The molecule has 9 heteroatoms. The van der Waals surface area contributed by atoms with Crippen LogP contribution in [0.1, 0.15) is 18.5 Å². The molecule has 140 valence electrons. The van der Waals surface area contributed by atoms with Crippen LogP contribution in [-0.2, 0) is 14.8 Å². The van der Waals surface area contributed by atoms with Crippen LogP contribution in [0.5, 0.6) is 0 Å². The molecule has 0 radical (unpaired) electrons. The van der Waals surface area contributed by atoms with Crippen LogP contribution in [0.4, 0.5) is 10.1 Å². The fourth-order valence-electron chi connectivity index (χ4n) is 2.32. The van der Waals surface area contributed by atoms with Crippen LogP contribution in [0.25, 0.3) is 0 Å². The zero-order valence-electron chi connectivity index (χ0n) is 14.0. The average molecular weight is 419 g/mol. The first kappa shape index (κ1) is 20.5. The summed E-state index contributed by atoms with van der Waals surface area (Å²) in [7, 11) is -3.76. The van der Waals surface area contributed by atoms with Crippen LogP contribution in [0, 0.1) is 5.82 Å². The Balaban J connectivity index is 2.18. The maximum Gasteiger partial charge on any atom is 0.241 e. The Morgan fingerprint density at radius 1 is 1.19 bits per heavy atom. The first-order chi connectivity index (χ1) is 12.1. The predicted molar refractivity (Wildman–Crippen MR) is 102 cm³/mol. The standard InChI is InChI=1S/C17H17Cl2FN2O3S/c1-11(12-3-6-14(20)7-4-12)21-17(23)10-22(26(2,24)25)16-8-5-13(18)9-15(16)19/h3-9,11H,10H2,1-2H3,(H,21,23). The fourth-order valence-corrected chi connectivity index (χ4v) is 3.75. The number of carbonyl (C=O) groups is 1. The molecule has 0 saturated heterocycles. The van der Waals surface area contributed by atoms with Gasteiger partial charge in [0, 0.05) is 5.02 Å². The number of anilines is 1. The molecule has 1 N–H and O–H groups in total. The van der Waals surface area contributed by atoms with Gasteiger partial charge < -0.3 is 5.32 Å². The third-order valence-corrected chi connectivity index (χ3v) is 5.28. The maximum absolute atomic E-state index is 13.0. The molecule has 1 amide bonds. The molecule has 0 heterocycles. The highest BCUT2D eigenvalue weighted by atomic mass is 35.5. The van der Waals surface area contributed by atoms with Gasteiger partial charge in [-0.25, -0.2) is 12.8 Å². The number of halogens is 3. The van der Waals surface area contributed by atoms with Gasteiger partial charge in [-0.15, -0.1) is 0 Å². The van der Waals surface area contributed by atoms with E-state index in [-0.39, 0.29) is 16.5 Å². The zero-order chi connectivity index (χ0) is 19.5. The molecule has 0 fully saturated rings. The second-order valence-corrected chi connectivity index (χ2v) is 8.46. The Bertz CT molecular complexity index is 905. The number of nitrogens with one attached hydrogen (secondary N) is 1. The van der Waals surface area contributed by atoms with Crippen molar-refractivity contribution < 1.29 is 17.6 Å². The van der Waals surface area contributed by atoms with E-state index in [9.17, 15) is 17.6 Å². The van der Waals surface area contributed by atoms with Crippen molar-refractivity contribution in [3.05, 3.63) is 63.9 Å². The number of carbonyl (C=O) groups excluding carboxylic acids is 1. The number of amides is 1. The Morgan fingerprint density at radius 3 is 2.35 bits per heavy atom. The fraction of sp³-hybridized carbons (Fsp3) is 0.235. The third-order valence-electron chi connectivity index (χ3n) is 3.61. The van der Waals surface area contributed by atoms with Crippen molar-refractivity contribution in [2.75, 3.05) is 17.1 Å². The van der Waals surface area contributed by atoms with Gasteiger partial charge in [-0.05, 0) is 42.8 Å². The summed E-state index contributed by atoms with van der Waals surface area (Å²) in [6.45, 7) is 1.26. The first-order valence-electron chi connectivity index (χ1n) is 7.55. The number of rotatable bonds is 6. The van der Waals surface area contributed by atoms with Crippen molar-refractivity contribution >= 4 is 44.8 Å². The lowest BCUT2D eigenvalue weighted by atomic mass is 10.1. The summed E-state index contributed by atoms with van der Waals surface area (Å²) in [4.78, 5) is 12.3. The van der Waals surface area contributed by atoms with Gasteiger partial charge in [0.1, 0.15) is 12.4 Å². The second-order valence-electron chi connectivity index (χ2n) is 5.71. The van der Waals surface area contributed by atoms with Crippen molar-refractivity contribution in [2.45, 2.75) is 13.0 Å². The summed E-state index contributed by atoms with van der Waals surface area (Å²) in [6, 6.07) is 9.56. The second kappa shape index (κ2) is 8.24. The highest BCUT2D eigenvalue weighted by molar-refractivity contribution is 7.92. The molecule has 1 atom stereocenters. The van der Waals surface area contributed by atoms with Crippen molar-refractivity contribution in [2.24, 2.45) is 0 Å². The van der Waals surface area contributed by atoms with Crippen LogP contribution < -0.4 is 9.62 Å². The Morgan fingerprint density at radius 2 is 1.81 bits per heavy atom. The van der Waals surface area contributed by atoms with Crippen molar-refractivity contribution in [3.63, 3.8) is 0 Å². The lowest BCUT2D eigenvalue weighted by molar-refractivity contribution is -0.120. The summed E-state index contributed by atoms with van der Waals surface area (Å²) >= 11 is 11.9. The van der Waals surface area contributed by atoms with Crippen molar-refractivity contribution in [3.8, 4) is 0 Å². The highest BCUT2D eigenvalue weighted by Gasteiger charge is 2.24. The molecule has 5 nitrogen and oxygen atoms in total. The van der Waals surface area contributed by atoms with Crippen LogP contribution in [0.2, 0.25) is 10.0 Å². The van der Waals surface area contributed by atoms with Crippen LogP contribution >= 0.6 is 23.2 Å². The Labute approximate surface area is 161 Å². The molecule has 0 aromatic heterocycles. The van der Waals surface area contributed by atoms with Crippen molar-refractivity contribution in [1.29, 1.82) is 0 Å². The molecule has 26 heavy (non-hydrogen) atoms. The molecular formula is C17H17Cl2FN2O3S. The molecule has 0 spiro atoms. The van der Waals surface area contributed by atoms with E-state index in [1.54, 1.807) is 19.1 Å². The lowest BCUT2D eigenvalue weighted by Crippen LogP contribution is -2.41. The van der Waals surface area contributed by atoms with Crippen LogP contribution in [0.3, 0.4) is 0 Å². The number of sulfonamides is 1. The normalized spacial score (nSPS) is 12.5. The van der Waals surface area contributed by atoms with Gasteiger partial charge in [0.2, 0.25) is 15.9 Å². The van der Waals surface area contributed by atoms with E-state index in [0.29, 0.717) is 10.6 Å². The molecule has 2 aromatic carbocycles. The minimum atomic E-state index is -3.76. The Kier molecular flexibility index (Phi) is 6.49. The van der Waals surface area contributed by atoms with Crippen LogP contribution in [0.15, 0.2) is 42.5 Å².